The zero-order valence-corrected chi connectivity index (χ0v) is 18.7. The van der Waals surface area contributed by atoms with Crippen LogP contribution in [0.5, 0.6) is 5.75 Å². The number of rotatable bonds is 8. The van der Waals surface area contributed by atoms with Crippen LogP contribution in [-0.2, 0) is 11.2 Å². The Morgan fingerprint density at radius 3 is 2.61 bits per heavy atom. The predicted octanol–water partition coefficient (Wildman–Crippen LogP) is 4.98. The molecule has 31 heavy (non-hydrogen) atoms. The molecular weight excluding hydrogens is 412 g/mol. The molecule has 3 heterocycles. The van der Waals surface area contributed by atoms with Gasteiger partial charge in [0.15, 0.2) is 5.76 Å². The molecule has 1 atom stereocenters. The van der Waals surface area contributed by atoms with Crippen LogP contribution in [0.1, 0.15) is 46.4 Å². The van der Waals surface area contributed by atoms with E-state index < -0.39 is 0 Å². The highest BCUT2D eigenvalue weighted by molar-refractivity contribution is 7.16. The standard InChI is InChI=1S/C24H28N2O4S/c1-3-19-16-20(24(31-19)25-23(27)21-6-5-13-30-21)22(26-11-14-28-15-12-26)17-7-9-18(10-8-17)29-4-2/h5-10,13,16,22H,3-4,11-12,14-15H2,1-2H3,(H,25,27)/t22-/m0/s1. The second-order valence-corrected chi connectivity index (χ2v) is 8.47. The van der Waals surface area contributed by atoms with Gasteiger partial charge in [-0.05, 0) is 49.2 Å². The third-order valence-corrected chi connectivity index (χ3v) is 6.56. The Hall–Kier alpha value is -2.61. The van der Waals surface area contributed by atoms with E-state index in [-0.39, 0.29) is 11.9 Å². The number of ether oxygens (including phenoxy) is 2. The molecular formula is C24H28N2O4S. The molecule has 164 valence electrons. The van der Waals surface area contributed by atoms with E-state index in [1.807, 2.05) is 19.1 Å². The zero-order valence-electron chi connectivity index (χ0n) is 17.9. The van der Waals surface area contributed by atoms with E-state index in [0.717, 1.165) is 35.8 Å². The minimum Gasteiger partial charge on any atom is -0.494 e. The molecule has 1 aliphatic heterocycles. The highest BCUT2D eigenvalue weighted by atomic mass is 32.1. The van der Waals surface area contributed by atoms with Crippen molar-refractivity contribution >= 4 is 22.2 Å². The Morgan fingerprint density at radius 2 is 1.97 bits per heavy atom. The lowest BCUT2D eigenvalue weighted by molar-refractivity contribution is 0.0241. The summed E-state index contributed by atoms with van der Waals surface area (Å²) in [6.07, 6.45) is 2.42. The number of nitrogens with one attached hydrogen (secondary N) is 1. The number of carbonyl (C=O) groups is 1. The highest BCUT2D eigenvalue weighted by Crippen LogP contribution is 2.40. The van der Waals surface area contributed by atoms with E-state index in [9.17, 15) is 4.79 Å². The first-order valence-electron chi connectivity index (χ1n) is 10.7. The van der Waals surface area contributed by atoms with Gasteiger partial charge in [-0.15, -0.1) is 11.3 Å². The summed E-state index contributed by atoms with van der Waals surface area (Å²) in [7, 11) is 0. The van der Waals surface area contributed by atoms with Crippen molar-refractivity contribution in [1.82, 2.24) is 4.90 Å². The van der Waals surface area contributed by atoms with Crippen molar-refractivity contribution in [2.45, 2.75) is 26.3 Å². The maximum atomic E-state index is 12.7. The second-order valence-electron chi connectivity index (χ2n) is 7.34. The maximum Gasteiger partial charge on any atom is 0.291 e. The summed E-state index contributed by atoms with van der Waals surface area (Å²) in [5, 5.41) is 3.96. The fourth-order valence-corrected chi connectivity index (χ4v) is 4.87. The van der Waals surface area contributed by atoms with E-state index in [0.29, 0.717) is 25.6 Å². The smallest absolute Gasteiger partial charge is 0.291 e. The highest BCUT2D eigenvalue weighted by Gasteiger charge is 2.29. The number of hydrogen-bond acceptors (Lipinski definition) is 6. The van der Waals surface area contributed by atoms with Crippen LogP contribution in [0.3, 0.4) is 0 Å². The summed E-state index contributed by atoms with van der Waals surface area (Å²) in [6, 6.07) is 13.9. The molecule has 2 aromatic heterocycles. The number of aryl methyl sites for hydroxylation is 1. The topological polar surface area (TPSA) is 63.9 Å². The molecule has 0 unspecified atom stereocenters. The quantitative estimate of drug-likeness (QED) is 0.535. The molecule has 0 spiro atoms. The third kappa shape index (κ3) is 5.01. The maximum absolute atomic E-state index is 12.7. The monoisotopic (exact) mass is 440 g/mol. The SMILES string of the molecule is CCOc1ccc([C@@H](c2cc(CC)sc2NC(=O)c2ccco2)N2CCOCC2)cc1. The lowest BCUT2D eigenvalue weighted by atomic mass is 9.97. The molecule has 3 aromatic rings. The Bertz CT molecular complexity index is 976. The Labute approximate surface area is 186 Å². The summed E-state index contributed by atoms with van der Waals surface area (Å²) in [5.74, 6) is 0.933. The number of thiophene rings is 1. The number of anilines is 1. The number of amides is 1. The van der Waals surface area contributed by atoms with Gasteiger partial charge >= 0.3 is 0 Å². The summed E-state index contributed by atoms with van der Waals surface area (Å²) >= 11 is 1.63. The average molecular weight is 441 g/mol. The van der Waals surface area contributed by atoms with Gasteiger partial charge in [0, 0.05) is 23.5 Å². The molecule has 1 aromatic carbocycles. The van der Waals surface area contributed by atoms with Gasteiger partial charge in [-0.1, -0.05) is 19.1 Å². The molecule has 1 aliphatic rings. The summed E-state index contributed by atoms with van der Waals surface area (Å²) < 4.78 is 16.5. The molecule has 1 saturated heterocycles. The normalized spacial score (nSPS) is 15.5. The predicted molar refractivity (Wildman–Crippen MR) is 122 cm³/mol. The van der Waals surface area contributed by atoms with E-state index in [1.165, 1.54) is 16.7 Å². The molecule has 1 fully saturated rings. The number of morpholine rings is 1. The minimum atomic E-state index is -0.233. The Morgan fingerprint density at radius 1 is 1.19 bits per heavy atom. The van der Waals surface area contributed by atoms with Crippen LogP contribution >= 0.6 is 11.3 Å². The van der Waals surface area contributed by atoms with Crippen molar-refractivity contribution in [1.29, 1.82) is 0 Å². The van der Waals surface area contributed by atoms with Gasteiger partial charge in [0.25, 0.3) is 5.91 Å². The van der Waals surface area contributed by atoms with Crippen LogP contribution in [-0.4, -0.2) is 43.7 Å². The van der Waals surface area contributed by atoms with Crippen molar-refractivity contribution in [3.8, 4) is 5.75 Å². The van der Waals surface area contributed by atoms with E-state index in [1.54, 1.807) is 23.5 Å². The van der Waals surface area contributed by atoms with Crippen LogP contribution in [0.2, 0.25) is 0 Å². The third-order valence-electron chi connectivity index (χ3n) is 5.34. The average Bonchev–Trinajstić information content (AvgIpc) is 3.47. The summed E-state index contributed by atoms with van der Waals surface area (Å²) in [6.45, 7) is 7.82. The first-order valence-corrected chi connectivity index (χ1v) is 11.5. The van der Waals surface area contributed by atoms with Gasteiger partial charge in [0.2, 0.25) is 0 Å². The van der Waals surface area contributed by atoms with Crippen LogP contribution in [0.4, 0.5) is 5.00 Å². The fourth-order valence-electron chi connectivity index (χ4n) is 3.84. The van der Waals surface area contributed by atoms with Gasteiger partial charge in [-0.3, -0.25) is 9.69 Å². The van der Waals surface area contributed by atoms with E-state index in [2.05, 4.69) is 35.3 Å². The minimum absolute atomic E-state index is 0.0167. The van der Waals surface area contributed by atoms with Gasteiger partial charge in [-0.25, -0.2) is 0 Å². The Kier molecular flexibility index (Phi) is 7.06. The lowest BCUT2D eigenvalue weighted by Gasteiger charge is -2.35. The molecule has 0 radical (unpaired) electrons. The molecule has 1 N–H and O–H groups in total. The fraction of sp³-hybridized carbons (Fsp3) is 0.375. The summed E-state index contributed by atoms with van der Waals surface area (Å²) in [4.78, 5) is 16.4. The van der Waals surface area contributed by atoms with Gasteiger partial charge in [0.1, 0.15) is 10.8 Å². The molecule has 6 nitrogen and oxygen atoms in total. The number of furan rings is 1. The van der Waals surface area contributed by atoms with E-state index in [4.69, 9.17) is 13.9 Å². The van der Waals surface area contributed by atoms with Crippen molar-refractivity contribution in [2.24, 2.45) is 0 Å². The first kappa shape index (κ1) is 21.6. The van der Waals surface area contributed by atoms with Crippen molar-refractivity contribution < 1.29 is 18.7 Å². The molecule has 0 saturated carbocycles. The van der Waals surface area contributed by atoms with Crippen LogP contribution in [0.15, 0.2) is 53.1 Å². The molecule has 7 heteroatoms. The van der Waals surface area contributed by atoms with Crippen LogP contribution in [0.25, 0.3) is 0 Å². The number of carbonyl (C=O) groups excluding carboxylic acids is 1. The van der Waals surface area contributed by atoms with Crippen molar-refractivity contribution in [3.63, 3.8) is 0 Å². The zero-order chi connectivity index (χ0) is 21.6. The Balaban J connectivity index is 1.71. The number of nitrogens with zero attached hydrogens (tertiary/aromatic N) is 1. The van der Waals surface area contributed by atoms with Crippen LogP contribution in [0, 0.1) is 0 Å². The van der Waals surface area contributed by atoms with Crippen molar-refractivity contribution in [3.05, 3.63) is 70.5 Å². The molecule has 0 aliphatic carbocycles. The van der Waals surface area contributed by atoms with Gasteiger partial charge in [-0.2, -0.15) is 0 Å². The first-order chi connectivity index (χ1) is 15.2. The second kappa shape index (κ2) is 10.1. The van der Waals surface area contributed by atoms with Gasteiger partial charge in [0.05, 0.1) is 32.1 Å². The number of hydrogen-bond donors (Lipinski definition) is 1. The summed E-state index contributed by atoms with van der Waals surface area (Å²) in [5.41, 5.74) is 2.27. The van der Waals surface area contributed by atoms with E-state index >= 15 is 0 Å². The van der Waals surface area contributed by atoms with Gasteiger partial charge < -0.3 is 19.2 Å². The molecule has 4 rings (SSSR count). The van der Waals surface area contributed by atoms with Crippen LogP contribution < -0.4 is 10.1 Å². The number of benzene rings is 1. The largest absolute Gasteiger partial charge is 0.494 e. The molecule has 0 bridgehead atoms. The van der Waals surface area contributed by atoms with Crippen molar-refractivity contribution in [2.75, 3.05) is 38.2 Å². The lowest BCUT2D eigenvalue weighted by Crippen LogP contribution is -2.39. The molecule has 1 amide bonds.